The highest BCUT2D eigenvalue weighted by Crippen LogP contribution is 2.28. The maximum Gasteiger partial charge on any atom is 0.121 e. The molecule has 0 aromatic heterocycles. The number of hydrogen-bond acceptors (Lipinski definition) is 0. The molecule has 0 aliphatic heterocycles. The highest BCUT2D eigenvalue weighted by atomic mass is 14.2. The van der Waals surface area contributed by atoms with Gasteiger partial charge in [-0.2, -0.15) is 0 Å². The van der Waals surface area contributed by atoms with Crippen LogP contribution in [0.2, 0.25) is 0 Å². The summed E-state index contributed by atoms with van der Waals surface area (Å²) >= 11 is 0. The molecule has 0 aromatic carbocycles. The topological polar surface area (TPSA) is 0 Å². The molecule has 0 saturated carbocycles. The van der Waals surface area contributed by atoms with Crippen molar-refractivity contribution in [1.82, 2.24) is 0 Å². The number of rotatable bonds is 0. The lowest BCUT2D eigenvalue weighted by atomic mass is 9.83. The van der Waals surface area contributed by atoms with E-state index in [9.17, 15) is 0 Å². The molecule has 0 nitrogen and oxygen atoms in total. The van der Waals surface area contributed by atoms with Crippen LogP contribution in [0, 0.1) is 12.3 Å². The summed E-state index contributed by atoms with van der Waals surface area (Å²) in [7, 11) is 0. The van der Waals surface area contributed by atoms with E-state index >= 15 is 0 Å². The highest BCUT2D eigenvalue weighted by molar-refractivity contribution is 5.02. The summed E-state index contributed by atoms with van der Waals surface area (Å²) in [6, 6.07) is 0. The van der Waals surface area contributed by atoms with E-state index < -0.39 is 0 Å². The molecule has 8 heavy (non-hydrogen) atoms. The third-order valence-corrected chi connectivity index (χ3v) is 1.64. The van der Waals surface area contributed by atoms with Gasteiger partial charge >= 0.3 is 0 Å². The van der Waals surface area contributed by atoms with Crippen LogP contribution in [0.25, 0.3) is 0 Å². The fourth-order valence-corrected chi connectivity index (χ4v) is 1.07. The monoisotopic (exact) mass is 109 g/mol. The molecule has 44 valence electrons. The van der Waals surface area contributed by atoms with Crippen LogP contribution in [0.3, 0.4) is 0 Å². The first-order valence-corrected chi connectivity index (χ1v) is 3.24. The first-order chi connectivity index (χ1) is 3.71. The third kappa shape index (κ3) is 1.29. The molecule has 0 heteroatoms. The van der Waals surface area contributed by atoms with Crippen LogP contribution in [0.15, 0.2) is 12.2 Å². The van der Waals surface area contributed by atoms with Crippen LogP contribution in [-0.4, -0.2) is 0 Å². The van der Waals surface area contributed by atoms with E-state index in [4.69, 9.17) is 0 Å². The van der Waals surface area contributed by atoms with E-state index in [1.807, 2.05) is 0 Å². The largest absolute Gasteiger partial charge is 0.121 e. The standard InChI is InChI=1S/C8H13/c1-8(2)6-4-3-5-7-8/h4,6H,1,3,5,7H2,2H3/q+1. The van der Waals surface area contributed by atoms with Gasteiger partial charge in [0.2, 0.25) is 0 Å². The predicted molar refractivity (Wildman–Crippen MR) is 36.5 cm³/mol. The second-order valence-electron chi connectivity index (χ2n) is 2.95. The first kappa shape index (κ1) is 5.74. The minimum Gasteiger partial charge on any atom is -0.0838 e. The van der Waals surface area contributed by atoms with Gasteiger partial charge in [0, 0.05) is 0 Å². The van der Waals surface area contributed by atoms with Crippen molar-refractivity contribution in [2.75, 3.05) is 0 Å². The van der Waals surface area contributed by atoms with Crippen LogP contribution in [0.5, 0.6) is 0 Å². The summed E-state index contributed by atoms with van der Waals surface area (Å²) in [5, 5.41) is 0. The van der Waals surface area contributed by atoms with Crippen molar-refractivity contribution in [2.24, 2.45) is 5.41 Å². The van der Waals surface area contributed by atoms with E-state index in [2.05, 4.69) is 26.0 Å². The van der Waals surface area contributed by atoms with Crippen molar-refractivity contribution in [3.8, 4) is 0 Å². The van der Waals surface area contributed by atoms with Gasteiger partial charge in [0.25, 0.3) is 0 Å². The molecule has 0 radical (unpaired) electrons. The fraction of sp³-hybridized carbons (Fsp3) is 0.625. The Bertz CT molecular complexity index is 98.6. The molecule has 0 heterocycles. The fourth-order valence-electron chi connectivity index (χ4n) is 1.07. The smallest absolute Gasteiger partial charge is 0.0838 e. The maximum atomic E-state index is 4.04. The summed E-state index contributed by atoms with van der Waals surface area (Å²) in [5.41, 5.74) is 0.248. The van der Waals surface area contributed by atoms with E-state index in [0.29, 0.717) is 0 Å². The van der Waals surface area contributed by atoms with Crippen molar-refractivity contribution in [2.45, 2.75) is 26.2 Å². The molecule has 0 amide bonds. The van der Waals surface area contributed by atoms with Gasteiger partial charge in [-0.05, 0) is 32.3 Å². The van der Waals surface area contributed by atoms with Crippen molar-refractivity contribution < 1.29 is 0 Å². The minimum absolute atomic E-state index is 0.248. The quantitative estimate of drug-likeness (QED) is 0.331. The van der Waals surface area contributed by atoms with Crippen molar-refractivity contribution >= 4 is 0 Å². The van der Waals surface area contributed by atoms with Gasteiger partial charge in [-0.15, -0.1) is 0 Å². The van der Waals surface area contributed by atoms with Crippen molar-refractivity contribution in [3.63, 3.8) is 0 Å². The Balaban J connectivity index is 2.56. The Morgan fingerprint density at radius 3 is 2.62 bits per heavy atom. The molecule has 1 aliphatic carbocycles. The van der Waals surface area contributed by atoms with Gasteiger partial charge in [0.1, 0.15) is 5.41 Å². The Labute approximate surface area is 51.6 Å². The molecule has 1 aliphatic rings. The maximum absolute atomic E-state index is 4.04. The van der Waals surface area contributed by atoms with E-state index in [0.717, 1.165) is 0 Å². The van der Waals surface area contributed by atoms with Crippen LogP contribution < -0.4 is 0 Å². The van der Waals surface area contributed by atoms with Crippen LogP contribution in [0.1, 0.15) is 26.2 Å². The van der Waals surface area contributed by atoms with Crippen molar-refractivity contribution in [1.29, 1.82) is 0 Å². The summed E-state index contributed by atoms with van der Waals surface area (Å²) in [5.74, 6) is 0. The second-order valence-corrected chi connectivity index (χ2v) is 2.95. The molecule has 1 unspecified atom stereocenters. The molecule has 0 bridgehead atoms. The lowest BCUT2D eigenvalue weighted by Gasteiger charge is -2.15. The van der Waals surface area contributed by atoms with Gasteiger partial charge < -0.3 is 0 Å². The molecular formula is C8H13+. The molecule has 0 N–H and O–H groups in total. The zero-order valence-electron chi connectivity index (χ0n) is 5.48. The molecule has 1 atom stereocenters. The third-order valence-electron chi connectivity index (χ3n) is 1.64. The van der Waals surface area contributed by atoms with E-state index in [1.54, 1.807) is 0 Å². The number of hydrogen-bond donors (Lipinski definition) is 0. The second kappa shape index (κ2) is 1.85. The summed E-state index contributed by atoms with van der Waals surface area (Å²) in [4.78, 5) is 0. The Morgan fingerprint density at radius 2 is 2.38 bits per heavy atom. The average molecular weight is 109 g/mol. The predicted octanol–water partition coefficient (Wildman–Crippen LogP) is 2.57. The average Bonchev–Trinajstić information content (AvgIpc) is 1.65. The van der Waals surface area contributed by atoms with Gasteiger partial charge in [-0.3, -0.25) is 0 Å². The van der Waals surface area contributed by atoms with Gasteiger partial charge in [0.05, 0.1) is 6.92 Å². The van der Waals surface area contributed by atoms with Crippen LogP contribution in [0.4, 0.5) is 0 Å². The van der Waals surface area contributed by atoms with Gasteiger partial charge in [-0.25, -0.2) is 0 Å². The minimum atomic E-state index is 0.248. The van der Waals surface area contributed by atoms with E-state index in [-0.39, 0.29) is 5.41 Å². The lowest BCUT2D eigenvalue weighted by molar-refractivity contribution is 0.456. The lowest BCUT2D eigenvalue weighted by Crippen LogP contribution is -2.09. The Kier molecular flexibility index (Phi) is 1.33. The molecule has 0 saturated heterocycles. The Hall–Kier alpha value is -0.390. The SMILES string of the molecule is [CH2+]C1(C)C=CCCC1. The zero-order valence-corrected chi connectivity index (χ0v) is 5.48. The molecule has 1 rings (SSSR count). The normalized spacial score (nSPS) is 37.6. The molecule has 0 aromatic rings. The number of allylic oxidation sites excluding steroid dienone is 2. The highest BCUT2D eigenvalue weighted by Gasteiger charge is 2.22. The van der Waals surface area contributed by atoms with E-state index in [1.165, 1.54) is 19.3 Å². The summed E-state index contributed by atoms with van der Waals surface area (Å²) < 4.78 is 0. The van der Waals surface area contributed by atoms with Gasteiger partial charge in [-0.1, -0.05) is 6.08 Å². The molecular weight excluding hydrogens is 96.1 g/mol. The van der Waals surface area contributed by atoms with Crippen LogP contribution >= 0.6 is 0 Å². The Morgan fingerprint density at radius 1 is 1.62 bits per heavy atom. The first-order valence-electron chi connectivity index (χ1n) is 3.24. The summed E-state index contributed by atoms with van der Waals surface area (Å²) in [6.45, 7) is 6.23. The van der Waals surface area contributed by atoms with Crippen LogP contribution in [-0.2, 0) is 0 Å². The molecule has 0 fully saturated rings. The van der Waals surface area contributed by atoms with Gasteiger partial charge in [0.15, 0.2) is 0 Å². The summed E-state index contributed by atoms with van der Waals surface area (Å²) in [6.07, 6.45) is 8.28. The molecule has 0 spiro atoms. The van der Waals surface area contributed by atoms with Crippen molar-refractivity contribution in [3.05, 3.63) is 19.1 Å². The zero-order chi connectivity index (χ0) is 6.04.